The normalized spacial score (nSPS) is 11.1. The van der Waals surface area contributed by atoms with Gasteiger partial charge in [0.1, 0.15) is 10.7 Å². The number of nitrogens with one attached hydrogen (secondary N) is 1. The van der Waals surface area contributed by atoms with E-state index in [1.54, 1.807) is 18.2 Å². The van der Waals surface area contributed by atoms with Crippen molar-refractivity contribution in [3.05, 3.63) is 42.9 Å². The molecule has 1 aromatic heterocycles. The Bertz CT molecular complexity index is 613. The smallest absolute Gasteiger partial charge is 0.240 e. The third-order valence-corrected chi connectivity index (χ3v) is 2.99. The molecule has 0 amide bonds. The zero-order valence-corrected chi connectivity index (χ0v) is 9.55. The van der Waals surface area contributed by atoms with Gasteiger partial charge >= 0.3 is 0 Å². The summed E-state index contributed by atoms with van der Waals surface area (Å²) in [7, 11) is -3.76. The number of benzene rings is 1. The van der Waals surface area contributed by atoms with Crippen molar-refractivity contribution in [3.8, 4) is 0 Å². The first kappa shape index (κ1) is 11.5. The van der Waals surface area contributed by atoms with Crippen LogP contribution in [0.4, 0.5) is 11.5 Å². The molecule has 7 heteroatoms. The van der Waals surface area contributed by atoms with Crippen molar-refractivity contribution in [1.82, 2.24) is 9.97 Å². The Kier molecular flexibility index (Phi) is 3.03. The molecule has 1 heterocycles. The summed E-state index contributed by atoms with van der Waals surface area (Å²) in [6.07, 6.45) is 4.51. The summed E-state index contributed by atoms with van der Waals surface area (Å²) in [5.41, 5.74) is 0.371. The molecule has 0 atom stereocenters. The topological polar surface area (TPSA) is 98.0 Å². The Balaban J connectivity index is 2.41. The molecule has 0 fully saturated rings. The first-order valence-corrected chi connectivity index (χ1v) is 6.27. The van der Waals surface area contributed by atoms with Crippen LogP contribution in [0, 0.1) is 0 Å². The number of hydrogen-bond acceptors (Lipinski definition) is 5. The van der Waals surface area contributed by atoms with Crippen molar-refractivity contribution < 1.29 is 8.42 Å². The van der Waals surface area contributed by atoms with E-state index in [-0.39, 0.29) is 4.90 Å². The lowest BCUT2D eigenvalue weighted by molar-refractivity contribution is 0.598. The molecule has 2 rings (SSSR count). The highest BCUT2D eigenvalue weighted by Crippen LogP contribution is 2.22. The summed E-state index contributed by atoms with van der Waals surface area (Å²) >= 11 is 0. The summed E-state index contributed by atoms with van der Waals surface area (Å²) in [5.74, 6) is 0.448. The lowest BCUT2D eigenvalue weighted by atomic mass is 10.3. The molecular formula is C10H10N4O2S. The number of rotatable bonds is 3. The highest BCUT2D eigenvalue weighted by atomic mass is 32.2. The molecule has 0 radical (unpaired) electrons. The van der Waals surface area contributed by atoms with Crippen LogP contribution in [-0.4, -0.2) is 18.4 Å². The second-order valence-electron chi connectivity index (χ2n) is 3.26. The van der Waals surface area contributed by atoms with Gasteiger partial charge in [0.15, 0.2) is 0 Å². The lowest BCUT2D eigenvalue weighted by Gasteiger charge is -2.08. The standard InChI is InChI=1S/C10H10N4O2S/c11-17(15,16)9-4-2-1-3-8(9)14-10-7-12-5-6-13-10/h1-7H,(H,13,14)(H2,11,15,16). The van der Waals surface area contributed by atoms with Crippen LogP contribution in [0.5, 0.6) is 0 Å². The predicted molar refractivity (Wildman–Crippen MR) is 63.1 cm³/mol. The first-order chi connectivity index (χ1) is 8.07. The van der Waals surface area contributed by atoms with E-state index < -0.39 is 10.0 Å². The highest BCUT2D eigenvalue weighted by molar-refractivity contribution is 7.89. The Hall–Kier alpha value is -1.99. The van der Waals surface area contributed by atoms with Gasteiger partial charge in [0.05, 0.1) is 11.9 Å². The monoisotopic (exact) mass is 250 g/mol. The van der Waals surface area contributed by atoms with Crippen LogP contribution in [0.3, 0.4) is 0 Å². The van der Waals surface area contributed by atoms with Crippen molar-refractivity contribution in [1.29, 1.82) is 0 Å². The van der Waals surface area contributed by atoms with E-state index in [1.165, 1.54) is 24.7 Å². The van der Waals surface area contributed by atoms with Crippen LogP contribution < -0.4 is 10.5 Å². The Morgan fingerprint density at radius 1 is 1.18 bits per heavy atom. The molecular weight excluding hydrogens is 240 g/mol. The minimum absolute atomic E-state index is 0.0191. The number of nitrogens with zero attached hydrogens (tertiary/aromatic N) is 2. The van der Waals surface area contributed by atoms with Gasteiger partial charge in [0.2, 0.25) is 10.0 Å². The van der Waals surface area contributed by atoms with E-state index in [2.05, 4.69) is 15.3 Å². The molecule has 88 valence electrons. The summed E-state index contributed by atoms with van der Waals surface area (Å²) < 4.78 is 22.7. The average molecular weight is 250 g/mol. The van der Waals surface area contributed by atoms with Crippen molar-refractivity contribution >= 4 is 21.5 Å². The number of para-hydroxylation sites is 1. The van der Waals surface area contributed by atoms with E-state index in [4.69, 9.17) is 5.14 Å². The molecule has 0 aliphatic heterocycles. The fourth-order valence-corrected chi connectivity index (χ4v) is 2.01. The number of sulfonamides is 1. The zero-order chi connectivity index (χ0) is 12.3. The van der Waals surface area contributed by atoms with Gasteiger partial charge in [-0.25, -0.2) is 18.5 Å². The molecule has 1 aromatic carbocycles. The summed E-state index contributed by atoms with van der Waals surface area (Å²) in [6.45, 7) is 0. The van der Waals surface area contributed by atoms with Crippen LogP contribution in [0.25, 0.3) is 0 Å². The van der Waals surface area contributed by atoms with Gasteiger partial charge < -0.3 is 5.32 Å². The minimum atomic E-state index is -3.76. The summed E-state index contributed by atoms with van der Waals surface area (Å²) in [4.78, 5) is 7.87. The zero-order valence-electron chi connectivity index (χ0n) is 8.74. The molecule has 6 nitrogen and oxygen atoms in total. The Morgan fingerprint density at radius 3 is 2.59 bits per heavy atom. The van der Waals surface area contributed by atoms with E-state index in [9.17, 15) is 8.42 Å². The van der Waals surface area contributed by atoms with Gasteiger partial charge in [-0.3, -0.25) is 4.98 Å². The fourth-order valence-electron chi connectivity index (χ4n) is 1.32. The second-order valence-corrected chi connectivity index (χ2v) is 4.79. The third kappa shape index (κ3) is 2.77. The van der Waals surface area contributed by atoms with Crippen molar-refractivity contribution in [2.24, 2.45) is 5.14 Å². The van der Waals surface area contributed by atoms with Gasteiger partial charge in [0, 0.05) is 12.4 Å². The summed E-state index contributed by atoms with van der Waals surface area (Å²) in [5, 5.41) is 7.95. The SMILES string of the molecule is NS(=O)(=O)c1ccccc1Nc1cnccn1. The first-order valence-electron chi connectivity index (χ1n) is 4.72. The fraction of sp³-hybridized carbons (Fsp3) is 0. The molecule has 0 aliphatic carbocycles. The molecule has 2 aromatic rings. The van der Waals surface area contributed by atoms with Crippen molar-refractivity contribution in [3.63, 3.8) is 0 Å². The van der Waals surface area contributed by atoms with E-state index in [0.29, 0.717) is 11.5 Å². The van der Waals surface area contributed by atoms with Crippen LogP contribution in [-0.2, 0) is 10.0 Å². The maximum atomic E-state index is 11.3. The number of hydrogen-bond donors (Lipinski definition) is 2. The second kappa shape index (κ2) is 4.48. The van der Waals surface area contributed by atoms with Crippen LogP contribution in [0.1, 0.15) is 0 Å². The molecule has 0 bridgehead atoms. The number of primary sulfonamides is 1. The van der Waals surface area contributed by atoms with Gasteiger partial charge in [-0.15, -0.1) is 0 Å². The van der Waals surface area contributed by atoms with E-state index in [1.807, 2.05) is 0 Å². The van der Waals surface area contributed by atoms with Crippen molar-refractivity contribution in [2.75, 3.05) is 5.32 Å². The lowest BCUT2D eigenvalue weighted by Crippen LogP contribution is -2.14. The number of nitrogens with two attached hydrogens (primary N) is 1. The predicted octanol–water partition coefficient (Wildman–Crippen LogP) is 0.868. The molecule has 17 heavy (non-hydrogen) atoms. The highest BCUT2D eigenvalue weighted by Gasteiger charge is 2.13. The molecule has 0 unspecified atom stereocenters. The summed E-state index contributed by atoms with van der Waals surface area (Å²) in [6, 6.07) is 6.33. The van der Waals surface area contributed by atoms with Gasteiger partial charge in [0.25, 0.3) is 0 Å². The largest absolute Gasteiger partial charge is 0.338 e. The molecule has 0 saturated carbocycles. The van der Waals surface area contributed by atoms with Gasteiger partial charge in [-0.2, -0.15) is 0 Å². The maximum Gasteiger partial charge on any atom is 0.240 e. The molecule has 3 N–H and O–H groups in total. The Morgan fingerprint density at radius 2 is 1.94 bits per heavy atom. The molecule has 0 aliphatic rings. The maximum absolute atomic E-state index is 11.3. The average Bonchev–Trinajstić information content (AvgIpc) is 2.30. The number of anilines is 2. The minimum Gasteiger partial charge on any atom is -0.338 e. The van der Waals surface area contributed by atoms with Crippen LogP contribution >= 0.6 is 0 Å². The Labute approximate surface area is 98.6 Å². The third-order valence-electron chi connectivity index (χ3n) is 2.02. The van der Waals surface area contributed by atoms with Gasteiger partial charge in [-0.05, 0) is 12.1 Å². The molecule has 0 spiro atoms. The van der Waals surface area contributed by atoms with E-state index in [0.717, 1.165) is 0 Å². The van der Waals surface area contributed by atoms with Gasteiger partial charge in [-0.1, -0.05) is 12.1 Å². The molecule has 0 saturated heterocycles. The number of aromatic nitrogens is 2. The quantitative estimate of drug-likeness (QED) is 0.842. The van der Waals surface area contributed by atoms with Crippen LogP contribution in [0.2, 0.25) is 0 Å². The van der Waals surface area contributed by atoms with Crippen LogP contribution in [0.15, 0.2) is 47.8 Å². The van der Waals surface area contributed by atoms with E-state index >= 15 is 0 Å². The van der Waals surface area contributed by atoms with Crippen molar-refractivity contribution in [2.45, 2.75) is 4.90 Å².